The van der Waals surface area contributed by atoms with E-state index >= 15 is 0 Å². The molecule has 0 saturated carbocycles. The number of fused-ring (bicyclic) bond motifs is 1. The number of H-pyrrole nitrogens is 1. The van der Waals surface area contributed by atoms with Crippen molar-refractivity contribution in [3.05, 3.63) is 54.4 Å². The minimum atomic E-state index is -1.21. The number of hydrogen-bond acceptors (Lipinski definition) is 7. The lowest BCUT2D eigenvalue weighted by Crippen LogP contribution is -2.33. The van der Waals surface area contributed by atoms with Crippen molar-refractivity contribution in [3.63, 3.8) is 0 Å². The third-order valence-electron chi connectivity index (χ3n) is 5.54. The van der Waals surface area contributed by atoms with E-state index in [0.717, 1.165) is 16.1 Å². The summed E-state index contributed by atoms with van der Waals surface area (Å²) in [5.74, 6) is 1.19. The SMILES string of the molecule is Cc1cc(Nc2nc(Sc3ccc(NC(=O)CN4CCC(C)(F)C4)cc3)nn3cccc23)n[nH]1. The highest BCUT2D eigenvalue weighted by molar-refractivity contribution is 7.99. The molecular formula is C23H25FN8OS. The average Bonchev–Trinajstić information content (AvgIpc) is 3.50. The maximum absolute atomic E-state index is 14.0. The number of aryl methyl sites for hydroxylation is 1. The van der Waals surface area contributed by atoms with E-state index in [9.17, 15) is 9.18 Å². The molecule has 9 nitrogen and oxygen atoms in total. The predicted molar refractivity (Wildman–Crippen MR) is 129 cm³/mol. The molecule has 11 heteroatoms. The first-order valence-corrected chi connectivity index (χ1v) is 11.8. The first-order chi connectivity index (χ1) is 16.3. The van der Waals surface area contributed by atoms with E-state index in [1.807, 2.05) is 60.5 Å². The highest BCUT2D eigenvalue weighted by atomic mass is 32.2. The number of carbonyl (C=O) groups excluding carboxylic acids is 1. The first kappa shape index (κ1) is 22.4. The second-order valence-corrected chi connectivity index (χ2v) is 9.73. The molecule has 1 aromatic carbocycles. The van der Waals surface area contributed by atoms with Gasteiger partial charge in [0.15, 0.2) is 11.6 Å². The highest BCUT2D eigenvalue weighted by Crippen LogP contribution is 2.29. The van der Waals surface area contributed by atoms with E-state index in [0.29, 0.717) is 42.0 Å². The summed E-state index contributed by atoms with van der Waals surface area (Å²) in [5, 5.41) is 18.4. The zero-order valence-electron chi connectivity index (χ0n) is 18.9. The molecule has 5 rings (SSSR count). The summed E-state index contributed by atoms with van der Waals surface area (Å²) in [6.45, 7) is 4.59. The van der Waals surface area contributed by atoms with Crippen LogP contribution in [0, 0.1) is 6.92 Å². The number of amides is 1. The predicted octanol–water partition coefficient (Wildman–Crippen LogP) is 4.03. The third kappa shape index (κ3) is 5.20. The number of carbonyl (C=O) groups is 1. The Kier molecular flexibility index (Phi) is 5.96. The maximum Gasteiger partial charge on any atom is 0.238 e. The second kappa shape index (κ2) is 9.07. The van der Waals surface area contributed by atoms with Crippen LogP contribution in [0.5, 0.6) is 0 Å². The molecule has 0 aliphatic carbocycles. The van der Waals surface area contributed by atoms with Crippen LogP contribution in [0.2, 0.25) is 0 Å². The van der Waals surface area contributed by atoms with Crippen molar-refractivity contribution in [1.82, 2.24) is 29.7 Å². The van der Waals surface area contributed by atoms with Gasteiger partial charge in [-0.05, 0) is 68.4 Å². The van der Waals surface area contributed by atoms with Gasteiger partial charge in [-0.1, -0.05) is 0 Å². The molecule has 1 unspecified atom stereocenters. The van der Waals surface area contributed by atoms with E-state index < -0.39 is 5.67 Å². The number of halogens is 1. The van der Waals surface area contributed by atoms with Crippen molar-refractivity contribution in [3.8, 4) is 0 Å². The van der Waals surface area contributed by atoms with Gasteiger partial charge in [0, 0.05) is 41.6 Å². The van der Waals surface area contributed by atoms with Gasteiger partial charge in [0.25, 0.3) is 0 Å². The summed E-state index contributed by atoms with van der Waals surface area (Å²) in [6, 6.07) is 13.2. The zero-order valence-corrected chi connectivity index (χ0v) is 19.7. The van der Waals surface area contributed by atoms with E-state index in [1.165, 1.54) is 11.8 Å². The number of aromatic amines is 1. The Bertz CT molecular complexity index is 1320. The lowest BCUT2D eigenvalue weighted by Gasteiger charge is -2.16. The van der Waals surface area contributed by atoms with Crippen LogP contribution in [0.3, 0.4) is 0 Å². The van der Waals surface area contributed by atoms with Crippen molar-refractivity contribution in [2.45, 2.75) is 36.0 Å². The number of benzene rings is 1. The quantitative estimate of drug-likeness (QED) is 0.367. The van der Waals surface area contributed by atoms with Gasteiger partial charge < -0.3 is 10.6 Å². The summed E-state index contributed by atoms with van der Waals surface area (Å²) in [6.07, 6.45) is 2.33. The van der Waals surface area contributed by atoms with E-state index in [4.69, 9.17) is 0 Å². The maximum atomic E-state index is 14.0. The minimum Gasteiger partial charge on any atom is -0.325 e. The smallest absolute Gasteiger partial charge is 0.238 e. The largest absolute Gasteiger partial charge is 0.325 e. The molecule has 0 spiro atoms. The van der Waals surface area contributed by atoms with Gasteiger partial charge in [0.1, 0.15) is 11.2 Å². The molecule has 4 aromatic rings. The standard InChI is InChI=1S/C23H25FN8OS/c1-15-12-19(29-28-15)26-21-18-4-3-10-32(18)30-22(27-21)34-17-7-5-16(6-8-17)25-20(33)13-31-11-9-23(2,24)14-31/h3-8,10,12H,9,11,13-14H2,1-2H3,(H,25,33)(H2,26,27,28,29,30). The fourth-order valence-corrected chi connectivity index (χ4v) is 4.67. The van der Waals surface area contributed by atoms with Crippen LogP contribution >= 0.6 is 11.8 Å². The molecule has 3 N–H and O–H groups in total. The molecule has 3 aromatic heterocycles. The number of anilines is 3. The molecular weight excluding hydrogens is 455 g/mol. The Hall–Kier alpha value is -3.44. The van der Waals surface area contributed by atoms with Crippen LogP contribution in [-0.2, 0) is 4.79 Å². The summed E-state index contributed by atoms with van der Waals surface area (Å²) >= 11 is 1.42. The van der Waals surface area contributed by atoms with Crippen molar-refractivity contribution < 1.29 is 9.18 Å². The van der Waals surface area contributed by atoms with Crippen LogP contribution in [-0.4, -0.2) is 60.9 Å². The summed E-state index contributed by atoms with van der Waals surface area (Å²) in [4.78, 5) is 19.8. The lowest BCUT2D eigenvalue weighted by molar-refractivity contribution is -0.117. The number of hydrogen-bond donors (Lipinski definition) is 3. The van der Waals surface area contributed by atoms with Gasteiger partial charge in [-0.3, -0.25) is 14.8 Å². The first-order valence-electron chi connectivity index (χ1n) is 11.0. The lowest BCUT2D eigenvalue weighted by atomic mass is 10.1. The van der Waals surface area contributed by atoms with Gasteiger partial charge in [0.2, 0.25) is 11.1 Å². The Morgan fingerprint density at radius 1 is 1.29 bits per heavy atom. The molecule has 1 atom stereocenters. The monoisotopic (exact) mass is 480 g/mol. The topological polar surface area (TPSA) is 103 Å². The van der Waals surface area contributed by atoms with Gasteiger partial charge in [-0.25, -0.2) is 13.9 Å². The molecule has 1 aliphatic rings. The van der Waals surface area contributed by atoms with Crippen molar-refractivity contribution in [2.75, 3.05) is 30.3 Å². The average molecular weight is 481 g/mol. The normalized spacial score (nSPS) is 18.4. The number of nitrogens with zero attached hydrogens (tertiary/aromatic N) is 5. The Balaban J connectivity index is 1.25. The molecule has 176 valence electrons. The fraction of sp³-hybridized carbons (Fsp3) is 0.304. The molecule has 1 saturated heterocycles. The molecule has 1 fully saturated rings. The molecule has 1 amide bonds. The van der Waals surface area contributed by atoms with Gasteiger partial charge in [0.05, 0.1) is 6.54 Å². The molecule has 4 heterocycles. The highest BCUT2D eigenvalue weighted by Gasteiger charge is 2.34. The number of likely N-dealkylation sites (tertiary alicyclic amines) is 1. The van der Waals surface area contributed by atoms with Gasteiger partial charge >= 0.3 is 0 Å². The van der Waals surface area contributed by atoms with Crippen LogP contribution in [0.25, 0.3) is 5.52 Å². The number of aromatic nitrogens is 5. The Morgan fingerprint density at radius 3 is 2.82 bits per heavy atom. The van der Waals surface area contributed by atoms with Crippen LogP contribution in [0.4, 0.5) is 21.7 Å². The summed E-state index contributed by atoms with van der Waals surface area (Å²) in [5.41, 5.74) is 1.27. The molecule has 1 aliphatic heterocycles. The van der Waals surface area contributed by atoms with E-state index in [-0.39, 0.29) is 12.5 Å². The number of nitrogens with one attached hydrogen (secondary N) is 3. The van der Waals surface area contributed by atoms with Crippen LogP contribution in [0.1, 0.15) is 19.0 Å². The zero-order chi connectivity index (χ0) is 23.7. The van der Waals surface area contributed by atoms with Crippen molar-refractivity contribution in [1.29, 1.82) is 0 Å². The fourth-order valence-electron chi connectivity index (χ4n) is 3.92. The third-order valence-corrected chi connectivity index (χ3v) is 6.40. The van der Waals surface area contributed by atoms with Crippen molar-refractivity contribution >= 4 is 40.5 Å². The van der Waals surface area contributed by atoms with Gasteiger partial charge in [-0.2, -0.15) is 5.10 Å². The number of alkyl halides is 1. The number of rotatable bonds is 7. The van der Waals surface area contributed by atoms with Crippen LogP contribution in [0.15, 0.2) is 58.7 Å². The van der Waals surface area contributed by atoms with E-state index in [1.54, 1.807) is 11.4 Å². The Labute approximate surface area is 200 Å². The van der Waals surface area contributed by atoms with Crippen molar-refractivity contribution in [2.24, 2.45) is 0 Å². The molecule has 34 heavy (non-hydrogen) atoms. The second-order valence-electron chi connectivity index (χ2n) is 8.69. The summed E-state index contributed by atoms with van der Waals surface area (Å²) < 4.78 is 15.7. The minimum absolute atomic E-state index is 0.149. The molecule has 0 bridgehead atoms. The van der Waals surface area contributed by atoms with Gasteiger partial charge in [-0.15, -0.1) is 5.10 Å². The van der Waals surface area contributed by atoms with Crippen LogP contribution < -0.4 is 10.6 Å². The summed E-state index contributed by atoms with van der Waals surface area (Å²) in [7, 11) is 0. The van der Waals surface area contributed by atoms with E-state index in [2.05, 4.69) is 30.9 Å². The molecule has 0 radical (unpaired) electrons. The Morgan fingerprint density at radius 2 is 2.12 bits per heavy atom.